The van der Waals surface area contributed by atoms with Crippen molar-refractivity contribution in [2.45, 2.75) is 0 Å². The van der Waals surface area contributed by atoms with Gasteiger partial charge in [-0.05, 0) is 24.3 Å². The summed E-state index contributed by atoms with van der Waals surface area (Å²) in [4.78, 5) is 21.8. The van der Waals surface area contributed by atoms with E-state index in [-0.39, 0.29) is 17.5 Å². The largest absolute Gasteiger partial charge is 0.504 e. The fourth-order valence-corrected chi connectivity index (χ4v) is 0.902. The molecule has 4 nitrogen and oxygen atoms in total. The van der Waals surface area contributed by atoms with Crippen LogP contribution in [0.15, 0.2) is 29.1 Å². The molecule has 0 saturated heterocycles. The molecule has 2 N–H and O–H groups in total. The van der Waals surface area contributed by atoms with E-state index in [1.807, 2.05) is 0 Å². The first-order chi connectivity index (χ1) is 6.63. The van der Waals surface area contributed by atoms with E-state index in [0.717, 1.165) is 0 Å². The van der Waals surface area contributed by atoms with Gasteiger partial charge in [0.15, 0.2) is 5.75 Å². The Kier molecular flexibility index (Phi) is 3.48. The van der Waals surface area contributed by atoms with Crippen LogP contribution < -0.4 is 10.7 Å². The second-order valence-corrected chi connectivity index (χ2v) is 2.82. The average Bonchev–Trinajstić information content (AvgIpc) is 2.33. The molecule has 5 heteroatoms. The summed E-state index contributed by atoms with van der Waals surface area (Å²) in [6, 6.07) is 5.19. The minimum absolute atomic E-state index is 0.158. The number of alkyl halides is 1. The zero-order valence-corrected chi connectivity index (χ0v) is 7.91. The van der Waals surface area contributed by atoms with E-state index in [0.29, 0.717) is 5.69 Å². The molecular weight excluding hydrogens is 206 g/mol. The Bertz CT molecular complexity index is 406. The molecule has 1 rings (SSSR count). The lowest BCUT2D eigenvalue weighted by molar-refractivity contribution is -0.113. The van der Waals surface area contributed by atoms with Gasteiger partial charge in [-0.3, -0.25) is 9.59 Å². The lowest BCUT2D eigenvalue weighted by atomic mass is 10.4. The smallest absolute Gasteiger partial charge is 0.239 e. The summed E-state index contributed by atoms with van der Waals surface area (Å²) >= 11 is 5.27. The number of amides is 1. The number of rotatable bonds is 2. The van der Waals surface area contributed by atoms with Gasteiger partial charge in [0.05, 0.1) is 0 Å². The van der Waals surface area contributed by atoms with Gasteiger partial charge in [0.2, 0.25) is 11.3 Å². The second kappa shape index (κ2) is 4.62. The molecule has 1 amide bonds. The van der Waals surface area contributed by atoms with Gasteiger partial charge in [-0.2, -0.15) is 0 Å². The fraction of sp³-hybridized carbons (Fsp3) is 0.111. The molecule has 0 heterocycles. The van der Waals surface area contributed by atoms with E-state index >= 15 is 0 Å². The third kappa shape index (κ3) is 2.74. The number of hydrogen-bond acceptors (Lipinski definition) is 3. The first-order valence-corrected chi connectivity index (χ1v) is 4.36. The lowest BCUT2D eigenvalue weighted by Crippen LogP contribution is -2.11. The maximum absolute atomic E-state index is 10.9. The van der Waals surface area contributed by atoms with Gasteiger partial charge in [0, 0.05) is 5.69 Å². The minimum Gasteiger partial charge on any atom is -0.504 e. The van der Waals surface area contributed by atoms with Crippen LogP contribution >= 0.6 is 11.6 Å². The van der Waals surface area contributed by atoms with E-state index in [4.69, 9.17) is 16.7 Å². The summed E-state index contributed by atoms with van der Waals surface area (Å²) in [7, 11) is 0. The Morgan fingerprint density at radius 1 is 1.36 bits per heavy atom. The Morgan fingerprint density at radius 2 is 2.00 bits per heavy atom. The summed E-state index contributed by atoms with van der Waals surface area (Å²) in [6.45, 7) is 0. The van der Waals surface area contributed by atoms with Crippen molar-refractivity contribution in [2.24, 2.45) is 0 Å². The maximum Gasteiger partial charge on any atom is 0.239 e. The number of anilines is 1. The molecule has 0 saturated carbocycles. The first-order valence-electron chi connectivity index (χ1n) is 3.82. The molecule has 0 spiro atoms. The van der Waals surface area contributed by atoms with Gasteiger partial charge in [0.1, 0.15) is 5.88 Å². The summed E-state index contributed by atoms with van der Waals surface area (Å²) in [5.74, 6) is -0.893. The van der Waals surface area contributed by atoms with Crippen molar-refractivity contribution < 1.29 is 9.90 Å². The number of hydrogen-bond donors (Lipinski definition) is 2. The maximum atomic E-state index is 10.9. The van der Waals surface area contributed by atoms with Crippen LogP contribution in [0, 0.1) is 0 Å². The van der Waals surface area contributed by atoms with Gasteiger partial charge in [-0.25, -0.2) is 0 Å². The Hall–Kier alpha value is -1.55. The zero-order chi connectivity index (χ0) is 10.6. The normalized spacial score (nSPS) is 9.50. The van der Waals surface area contributed by atoms with Crippen LogP contribution in [0.2, 0.25) is 0 Å². The van der Waals surface area contributed by atoms with Crippen molar-refractivity contribution in [3.05, 3.63) is 34.5 Å². The summed E-state index contributed by atoms with van der Waals surface area (Å²) in [5.41, 5.74) is -0.0931. The number of aromatic hydroxyl groups is 1. The highest BCUT2D eigenvalue weighted by molar-refractivity contribution is 6.29. The molecule has 0 aliphatic carbocycles. The number of halogens is 1. The molecule has 0 aromatic heterocycles. The van der Waals surface area contributed by atoms with Crippen molar-refractivity contribution in [3.8, 4) is 5.75 Å². The van der Waals surface area contributed by atoms with Gasteiger partial charge in [0.25, 0.3) is 0 Å². The summed E-state index contributed by atoms with van der Waals surface area (Å²) in [5, 5.41) is 11.5. The number of carbonyl (C=O) groups is 1. The second-order valence-electron chi connectivity index (χ2n) is 2.55. The molecule has 0 bridgehead atoms. The molecule has 0 aliphatic heterocycles. The van der Waals surface area contributed by atoms with E-state index < -0.39 is 5.43 Å². The van der Waals surface area contributed by atoms with Crippen LogP contribution in [-0.2, 0) is 4.79 Å². The average molecular weight is 214 g/mol. The fourth-order valence-electron chi connectivity index (χ4n) is 0.835. The SMILES string of the molecule is O=C(CCl)Nc1ccc(O)c(=O)cc1. The molecule has 1 aromatic carbocycles. The third-order valence-electron chi connectivity index (χ3n) is 1.49. The highest BCUT2D eigenvalue weighted by Crippen LogP contribution is 2.06. The quantitative estimate of drug-likeness (QED) is 0.719. The Labute approximate surface area is 85.1 Å². The van der Waals surface area contributed by atoms with Crippen molar-refractivity contribution in [1.29, 1.82) is 0 Å². The molecule has 1 aromatic rings. The van der Waals surface area contributed by atoms with E-state index in [9.17, 15) is 9.59 Å². The van der Waals surface area contributed by atoms with Crippen molar-refractivity contribution >= 4 is 23.2 Å². The molecule has 0 aliphatic rings. The van der Waals surface area contributed by atoms with Gasteiger partial charge >= 0.3 is 0 Å². The summed E-state index contributed by atoms with van der Waals surface area (Å²) < 4.78 is 0. The molecular formula is C9H8ClNO3. The van der Waals surface area contributed by atoms with E-state index in [1.165, 1.54) is 24.3 Å². The van der Waals surface area contributed by atoms with Crippen molar-refractivity contribution in [2.75, 3.05) is 11.2 Å². The minimum atomic E-state index is -0.503. The lowest BCUT2D eigenvalue weighted by Gasteiger charge is -1.98. The van der Waals surface area contributed by atoms with Crippen LogP contribution in [0.5, 0.6) is 5.75 Å². The predicted octanol–water partition coefficient (Wildman–Crippen LogP) is 0.930. The summed E-state index contributed by atoms with van der Waals surface area (Å²) in [6.07, 6.45) is 0. The topological polar surface area (TPSA) is 66.4 Å². The van der Waals surface area contributed by atoms with Crippen LogP contribution in [0.4, 0.5) is 5.69 Å². The van der Waals surface area contributed by atoms with Crippen molar-refractivity contribution in [3.63, 3.8) is 0 Å². The first kappa shape index (κ1) is 10.5. The monoisotopic (exact) mass is 213 g/mol. The highest BCUT2D eigenvalue weighted by Gasteiger charge is 1.99. The molecule has 0 radical (unpaired) electrons. The molecule has 0 unspecified atom stereocenters. The van der Waals surface area contributed by atoms with Gasteiger partial charge in [-0.1, -0.05) is 0 Å². The molecule has 74 valence electrons. The number of carbonyl (C=O) groups excluding carboxylic acids is 1. The van der Waals surface area contributed by atoms with Crippen molar-refractivity contribution in [1.82, 2.24) is 0 Å². The van der Waals surface area contributed by atoms with Gasteiger partial charge < -0.3 is 10.4 Å². The number of nitrogens with one attached hydrogen (secondary N) is 1. The van der Waals surface area contributed by atoms with E-state index in [1.54, 1.807) is 0 Å². The standard InChI is InChI=1S/C9H8ClNO3/c10-5-9(14)11-6-1-3-7(12)8(13)4-2-6/h1-4H,5H2,(H,11,14)(H,12,13). The zero-order valence-electron chi connectivity index (χ0n) is 7.16. The highest BCUT2D eigenvalue weighted by atomic mass is 35.5. The van der Waals surface area contributed by atoms with Crippen LogP contribution in [-0.4, -0.2) is 16.9 Å². The molecule has 0 atom stereocenters. The van der Waals surface area contributed by atoms with E-state index in [2.05, 4.69) is 5.32 Å². The van der Waals surface area contributed by atoms with Crippen LogP contribution in [0.1, 0.15) is 0 Å². The van der Waals surface area contributed by atoms with Crippen LogP contribution in [0.3, 0.4) is 0 Å². The Balaban J connectivity index is 2.97. The Morgan fingerprint density at radius 3 is 2.64 bits per heavy atom. The molecule has 0 fully saturated rings. The van der Waals surface area contributed by atoms with Crippen LogP contribution in [0.25, 0.3) is 0 Å². The predicted molar refractivity (Wildman–Crippen MR) is 53.7 cm³/mol. The van der Waals surface area contributed by atoms with Gasteiger partial charge in [-0.15, -0.1) is 11.6 Å². The molecule has 14 heavy (non-hydrogen) atoms. The third-order valence-corrected chi connectivity index (χ3v) is 1.74.